The third kappa shape index (κ3) is 4.79. The summed E-state index contributed by atoms with van der Waals surface area (Å²) in [6, 6.07) is 5.85. The minimum atomic E-state index is -0.317. The summed E-state index contributed by atoms with van der Waals surface area (Å²) in [6.07, 6.45) is 1.14. The maximum absolute atomic E-state index is 12.9. The Hall–Kier alpha value is -1.93. The minimum absolute atomic E-state index is 0.0858. The third-order valence-corrected chi connectivity index (χ3v) is 4.88. The van der Waals surface area contributed by atoms with Crippen LogP contribution in [-0.4, -0.2) is 64.4 Å². The van der Waals surface area contributed by atoms with E-state index in [9.17, 15) is 9.18 Å². The molecule has 2 heterocycles. The number of rotatable bonds is 6. The maximum atomic E-state index is 12.9. The van der Waals surface area contributed by atoms with Crippen LogP contribution >= 0.6 is 11.8 Å². The fourth-order valence-electron chi connectivity index (χ4n) is 2.73. The number of piperazine rings is 1. The van der Waals surface area contributed by atoms with Crippen LogP contribution in [0.1, 0.15) is 13.3 Å². The van der Waals surface area contributed by atoms with Crippen LogP contribution < -0.4 is 0 Å². The van der Waals surface area contributed by atoms with Gasteiger partial charge in [0.2, 0.25) is 11.8 Å². The van der Waals surface area contributed by atoms with Gasteiger partial charge >= 0.3 is 0 Å². The monoisotopic (exact) mass is 364 g/mol. The van der Waals surface area contributed by atoms with Gasteiger partial charge in [-0.05, 0) is 37.2 Å². The molecule has 1 aromatic heterocycles. The summed E-state index contributed by atoms with van der Waals surface area (Å²) < 4.78 is 18.5. The number of thioether (sulfide) groups is 1. The van der Waals surface area contributed by atoms with E-state index < -0.39 is 0 Å². The number of nitrogens with zero attached hydrogens (tertiary/aromatic N) is 4. The normalized spacial score (nSPS) is 15.5. The molecule has 0 saturated carbocycles. The van der Waals surface area contributed by atoms with Crippen LogP contribution in [0.5, 0.6) is 0 Å². The van der Waals surface area contributed by atoms with Crippen LogP contribution in [0.4, 0.5) is 4.39 Å². The van der Waals surface area contributed by atoms with Gasteiger partial charge in [0.1, 0.15) is 5.82 Å². The summed E-state index contributed by atoms with van der Waals surface area (Å²) in [5.41, 5.74) is 0.652. The highest BCUT2D eigenvalue weighted by molar-refractivity contribution is 7.99. The van der Waals surface area contributed by atoms with E-state index in [4.69, 9.17) is 4.42 Å². The summed E-state index contributed by atoms with van der Waals surface area (Å²) in [4.78, 5) is 16.6. The minimum Gasteiger partial charge on any atom is -0.411 e. The van der Waals surface area contributed by atoms with Crippen molar-refractivity contribution in [3.63, 3.8) is 0 Å². The molecule has 2 aromatic rings. The van der Waals surface area contributed by atoms with E-state index in [1.165, 1.54) is 23.9 Å². The average Bonchev–Trinajstić information content (AvgIpc) is 3.10. The quantitative estimate of drug-likeness (QED) is 0.734. The molecule has 134 valence electrons. The highest BCUT2D eigenvalue weighted by Crippen LogP contribution is 2.23. The molecule has 0 unspecified atom stereocenters. The molecule has 8 heteroatoms. The van der Waals surface area contributed by atoms with Gasteiger partial charge < -0.3 is 9.32 Å². The molecule has 0 N–H and O–H groups in total. The number of carbonyl (C=O) groups excluding carboxylic acids is 1. The summed E-state index contributed by atoms with van der Waals surface area (Å²) in [5, 5.41) is 8.23. The van der Waals surface area contributed by atoms with Crippen LogP contribution in [0.25, 0.3) is 11.5 Å². The van der Waals surface area contributed by atoms with Crippen molar-refractivity contribution < 1.29 is 13.6 Å². The van der Waals surface area contributed by atoms with Crippen molar-refractivity contribution in [3.8, 4) is 11.5 Å². The first-order valence-corrected chi connectivity index (χ1v) is 9.36. The number of amides is 1. The van der Waals surface area contributed by atoms with Crippen molar-refractivity contribution in [2.45, 2.75) is 18.6 Å². The number of hydrogen-bond acceptors (Lipinski definition) is 6. The molecule has 25 heavy (non-hydrogen) atoms. The van der Waals surface area contributed by atoms with Gasteiger partial charge in [0.25, 0.3) is 5.22 Å². The van der Waals surface area contributed by atoms with Crippen molar-refractivity contribution in [2.75, 3.05) is 38.5 Å². The Morgan fingerprint density at radius 2 is 1.92 bits per heavy atom. The number of hydrogen-bond donors (Lipinski definition) is 0. The first-order valence-electron chi connectivity index (χ1n) is 8.38. The Balaban J connectivity index is 1.49. The largest absolute Gasteiger partial charge is 0.411 e. The van der Waals surface area contributed by atoms with Gasteiger partial charge in [0.05, 0.1) is 5.75 Å². The zero-order valence-electron chi connectivity index (χ0n) is 14.2. The van der Waals surface area contributed by atoms with E-state index in [0.717, 1.165) is 39.1 Å². The summed E-state index contributed by atoms with van der Waals surface area (Å²) in [7, 11) is 0. The Kier molecular flexibility index (Phi) is 6.04. The van der Waals surface area contributed by atoms with Crippen LogP contribution in [0.2, 0.25) is 0 Å². The van der Waals surface area contributed by atoms with E-state index in [1.54, 1.807) is 12.1 Å². The molecule has 0 aliphatic carbocycles. The fourth-order valence-corrected chi connectivity index (χ4v) is 3.40. The standard InChI is InChI=1S/C17H21FN4O2S/c1-2-7-21-8-10-22(11-9-21)15(23)12-25-17-20-19-16(24-17)13-3-5-14(18)6-4-13/h3-6H,2,7-12H2,1H3. The lowest BCUT2D eigenvalue weighted by molar-refractivity contribution is -0.130. The summed E-state index contributed by atoms with van der Waals surface area (Å²) >= 11 is 1.23. The second kappa shape index (κ2) is 8.44. The molecule has 0 radical (unpaired) electrons. The van der Waals surface area contributed by atoms with Gasteiger partial charge in [0, 0.05) is 31.7 Å². The molecule has 1 aliphatic heterocycles. The maximum Gasteiger partial charge on any atom is 0.277 e. The lowest BCUT2D eigenvalue weighted by Crippen LogP contribution is -2.49. The van der Waals surface area contributed by atoms with Gasteiger partial charge in [-0.2, -0.15) is 0 Å². The first kappa shape index (κ1) is 17.9. The molecule has 3 rings (SSSR count). The molecular weight excluding hydrogens is 343 g/mol. The predicted molar refractivity (Wildman–Crippen MR) is 93.7 cm³/mol. The zero-order valence-corrected chi connectivity index (χ0v) is 15.0. The fraction of sp³-hybridized carbons (Fsp3) is 0.471. The van der Waals surface area contributed by atoms with Crippen molar-refractivity contribution in [2.24, 2.45) is 0 Å². The topological polar surface area (TPSA) is 62.5 Å². The zero-order chi connectivity index (χ0) is 17.6. The van der Waals surface area contributed by atoms with Crippen molar-refractivity contribution >= 4 is 17.7 Å². The van der Waals surface area contributed by atoms with Crippen molar-refractivity contribution in [1.82, 2.24) is 20.0 Å². The SMILES string of the molecule is CCCN1CCN(C(=O)CSc2nnc(-c3ccc(F)cc3)o2)CC1. The van der Waals surface area contributed by atoms with Crippen molar-refractivity contribution in [1.29, 1.82) is 0 Å². The Morgan fingerprint density at radius 3 is 2.60 bits per heavy atom. The molecule has 0 atom stereocenters. The first-order chi connectivity index (χ1) is 12.2. The lowest BCUT2D eigenvalue weighted by atomic mass is 10.2. The van der Waals surface area contributed by atoms with E-state index in [-0.39, 0.29) is 17.5 Å². The van der Waals surface area contributed by atoms with Crippen LogP contribution in [0.3, 0.4) is 0 Å². The Labute approximate surface area is 150 Å². The smallest absolute Gasteiger partial charge is 0.277 e. The van der Waals surface area contributed by atoms with Gasteiger partial charge in [0.15, 0.2) is 0 Å². The Morgan fingerprint density at radius 1 is 1.20 bits per heavy atom. The van der Waals surface area contributed by atoms with E-state index >= 15 is 0 Å². The third-order valence-electron chi connectivity index (χ3n) is 4.08. The molecule has 1 aliphatic rings. The predicted octanol–water partition coefficient (Wildman–Crippen LogP) is 2.52. The van der Waals surface area contributed by atoms with Crippen LogP contribution in [0, 0.1) is 5.82 Å². The number of benzene rings is 1. The van der Waals surface area contributed by atoms with Gasteiger partial charge in [-0.3, -0.25) is 9.69 Å². The molecule has 1 saturated heterocycles. The highest BCUT2D eigenvalue weighted by atomic mass is 32.2. The average molecular weight is 364 g/mol. The lowest BCUT2D eigenvalue weighted by Gasteiger charge is -2.34. The highest BCUT2D eigenvalue weighted by Gasteiger charge is 2.21. The van der Waals surface area contributed by atoms with Gasteiger partial charge in [-0.15, -0.1) is 10.2 Å². The molecule has 6 nitrogen and oxygen atoms in total. The molecule has 0 bridgehead atoms. The molecule has 1 aromatic carbocycles. The Bertz CT molecular complexity index is 699. The summed E-state index contributed by atoms with van der Waals surface area (Å²) in [5.74, 6) is 0.368. The van der Waals surface area contributed by atoms with E-state index in [1.807, 2.05) is 4.90 Å². The number of halogens is 1. The molecular formula is C17H21FN4O2S. The molecule has 0 spiro atoms. The number of carbonyl (C=O) groups is 1. The van der Waals surface area contributed by atoms with Crippen LogP contribution in [-0.2, 0) is 4.79 Å². The molecule has 1 amide bonds. The van der Waals surface area contributed by atoms with Gasteiger partial charge in [-0.1, -0.05) is 18.7 Å². The summed E-state index contributed by atoms with van der Waals surface area (Å²) in [6.45, 7) is 6.65. The van der Waals surface area contributed by atoms with Gasteiger partial charge in [-0.25, -0.2) is 4.39 Å². The number of aromatic nitrogens is 2. The van der Waals surface area contributed by atoms with E-state index in [2.05, 4.69) is 22.0 Å². The van der Waals surface area contributed by atoms with E-state index in [0.29, 0.717) is 16.7 Å². The molecule has 1 fully saturated rings. The second-order valence-electron chi connectivity index (χ2n) is 5.89. The second-order valence-corrected chi connectivity index (χ2v) is 6.82. The van der Waals surface area contributed by atoms with Crippen LogP contribution in [0.15, 0.2) is 33.9 Å². The van der Waals surface area contributed by atoms with Crippen molar-refractivity contribution in [3.05, 3.63) is 30.1 Å².